The number of benzene rings is 2. The number of thiophene rings is 1. The van der Waals surface area contributed by atoms with E-state index >= 15 is 0 Å². The van der Waals surface area contributed by atoms with Crippen molar-refractivity contribution in [2.75, 3.05) is 5.32 Å². The van der Waals surface area contributed by atoms with E-state index in [4.69, 9.17) is 0 Å². The molecule has 0 saturated heterocycles. The van der Waals surface area contributed by atoms with E-state index in [9.17, 15) is 4.39 Å². The summed E-state index contributed by atoms with van der Waals surface area (Å²) in [5.74, 6) is -0.155. The van der Waals surface area contributed by atoms with Crippen molar-refractivity contribution in [1.29, 1.82) is 0 Å². The minimum Gasteiger partial charge on any atom is -0.380 e. The van der Waals surface area contributed by atoms with Crippen LogP contribution in [0.2, 0.25) is 0 Å². The predicted octanol–water partition coefficient (Wildman–Crippen LogP) is 5.47. The van der Waals surface area contributed by atoms with Gasteiger partial charge in [-0.1, -0.05) is 36.4 Å². The maximum Gasteiger partial charge on any atom is 0.126 e. The van der Waals surface area contributed by atoms with Crippen LogP contribution in [0.25, 0.3) is 10.4 Å². The van der Waals surface area contributed by atoms with Gasteiger partial charge < -0.3 is 5.32 Å². The Labute approximate surface area is 128 Å². The molecule has 0 radical (unpaired) electrons. The van der Waals surface area contributed by atoms with Gasteiger partial charge in [0.05, 0.1) is 0 Å². The highest BCUT2D eigenvalue weighted by Crippen LogP contribution is 2.31. The summed E-state index contributed by atoms with van der Waals surface area (Å²) in [7, 11) is 0. The molecule has 0 atom stereocenters. The smallest absolute Gasteiger partial charge is 0.126 e. The van der Waals surface area contributed by atoms with Gasteiger partial charge in [-0.3, -0.25) is 0 Å². The van der Waals surface area contributed by atoms with E-state index in [0.29, 0.717) is 12.1 Å². The van der Waals surface area contributed by atoms with Crippen LogP contribution in [-0.2, 0) is 6.54 Å². The molecule has 0 aliphatic rings. The summed E-state index contributed by atoms with van der Waals surface area (Å²) >= 11 is 1.73. The van der Waals surface area contributed by atoms with Crippen molar-refractivity contribution in [2.45, 2.75) is 13.5 Å². The molecule has 2 aromatic carbocycles. The molecule has 1 N–H and O–H groups in total. The molecule has 0 aliphatic heterocycles. The molecular weight excluding hydrogens is 281 g/mol. The summed E-state index contributed by atoms with van der Waals surface area (Å²) in [6.07, 6.45) is 0. The second kappa shape index (κ2) is 6.10. The summed E-state index contributed by atoms with van der Waals surface area (Å²) < 4.78 is 13.3. The lowest BCUT2D eigenvalue weighted by Crippen LogP contribution is -2.01. The fraction of sp³-hybridized carbons (Fsp3) is 0.111. The Bertz CT molecular complexity index is 735. The molecule has 1 nitrogen and oxygen atoms in total. The van der Waals surface area contributed by atoms with Crippen molar-refractivity contribution in [3.8, 4) is 10.4 Å². The third-order valence-electron chi connectivity index (χ3n) is 3.42. The second-order valence-corrected chi connectivity index (χ2v) is 5.91. The Morgan fingerprint density at radius 1 is 1.05 bits per heavy atom. The number of anilines is 1. The van der Waals surface area contributed by atoms with Crippen LogP contribution in [0.15, 0.2) is 60.0 Å². The molecule has 3 heteroatoms. The van der Waals surface area contributed by atoms with Crippen LogP contribution in [0.4, 0.5) is 10.1 Å². The van der Waals surface area contributed by atoms with Crippen LogP contribution in [0.5, 0.6) is 0 Å². The number of hydrogen-bond acceptors (Lipinski definition) is 2. The average molecular weight is 297 g/mol. The largest absolute Gasteiger partial charge is 0.380 e. The number of aryl methyl sites for hydroxylation is 1. The number of halogens is 1. The lowest BCUT2D eigenvalue weighted by Gasteiger charge is -2.11. The molecule has 0 bridgehead atoms. The topological polar surface area (TPSA) is 12.0 Å². The second-order valence-electron chi connectivity index (χ2n) is 4.96. The molecule has 0 saturated carbocycles. The van der Waals surface area contributed by atoms with Crippen molar-refractivity contribution in [2.24, 2.45) is 0 Å². The summed E-state index contributed by atoms with van der Waals surface area (Å²) in [4.78, 5) is 1.24. The molecule has 106 valence electrons. The van der Waals surface area contributed by atoms with Crippen molar-refractivity contribution >= 4 is 17.0 Å². The number of nitrogens with one attached hydrogen (secondary N) is 1. The molecule has 0 amide bonds. The van der Waals surface area contributed by atoms with Gasteiger partial charge >= 0.3 is 0 Å². The van der Waals surface area contributed by atoms with E-state index in [-0.39, 0.29) is 5.82 Å². The van der Waals surface area contributed by atoms with Gasteiger partial charge in [0.15, 0.2) is 0 Å². The standard InChI is InChI=1S/C18H16FNS/c1-13-11-14(8-9-16(13)19)12-20-17-6-3-2-5-15(17)18-7-4-10-21-18/h2-11,20H,12H2,1H3. The number of hydrogen-bond donors (Lipinski definition) is 1. The molecule has 21 heavy (non-hydrogen) atoms. The summed E-state index contributed by atoms with van der Waals surface area (Å²) in [5.41, 5.74) is 4.06. The van der Waals surface area contributed by atoms with Crippen LogP contribution < -0.4 is 5.32 Å². The Kier molecular flexibility index (Phi) is 4.02. The van der Waals surface area contributed by atoms with E-state index < -0.39 is 0 Å². The molecule has 0 spiro atoms. The van der Waals surface area contributed by atoms with E-state index in [1.807, 2.05) is 24.3 Å². The Morgan fingerprint density at radius 2 is 1.90 bits per heavy atom. The van der Waals surface area contributed by atoms with Crippen molar-refractivity contribution in [3.05, 3.63) is 76.9 Å². The van der Waals surface area contributed by atoms with Gasteiger partial charge in [0, 0.05) is 22.7 Å². The monoisotopic (exact) mass is 297 g/mol. The SMILES string of the molecule is Cc1cc(CNc2ccccc2-c2cccs2)ccc1F. The third kappa shape index (κ3) is 3.14. The first-order chi connectivity index (χ1) is 10.2. The first kappa shape index (κ1) is 13.8. The third-order valence-corrected chi connectivity index (χ3v) is 4.32. The molecule has 0 fully saturated rings. The van der Waals surface area contributed by atoms with Gasteiger partial charge in [0.2, 0.25) is 0 Å². The van der Waals surface area contributed by atoms with E-state index in [0.717, 1.165) is 11.3 Å². The molecule has 3 rings (SSSR count). The zero-order valence-corrected chi connectivity index (χ0v) is 12.6. The van der Waals surface area contributed by atoms with Crippen molar-refractivity contribution in [3.63, 3.8) is 0 Å². The Balaban J connectivity index is 1.81. The Morgan fingerprint density at radius 3 is 2.67 bits per heavy atom. The molecule has 0 aliphatic carbocycles. The highest BCUT2D eigenvalue weighted by molar-refractivity contribution is 7.13. The minimum absolute atomic E-state index is 0.155. The normalized spacial score (nSPS) is 10.6. The van der Waals surface area contributed by atoms with Crippen molar-refractivity contribution in [1.82, 2.24) is 0 Å². The molecule has 1 heterocycles. The van der Waals surface area contributed by atoms with Crippen LogP contribution in [0.3, 0.4) is 0 Å². The molecule has 0 unspecified atom stereocenters. The van der Waals surface area contributed by atoms with Gasteiger partial charge in [-0.25, -0.2) is 4.39 Å². The summed E-state index contributed by atoms with van der Waals surface area (Å²) in [5, 5.41) is 5.53. The van der Waals surface area contributed by atoms with Gasteiger partial charge in [-0.05, 0) is 41.6 Å². The van der Waals surface area contributed by atoms with E-state index in [1.165, 1.54) is 16.5 Å². The van der Waals surface area contributed by atoms with Crippen molar-refractivity contribution < 1.29 is 4.39 Å². The molecule has 1 aromatic heterocycles. The highest BCUT2D eigenvalue weighted by atomic mass is 32.1. The van der Waals surface area contributed by atoms with Gasteiger partial charge in [-0.15, -0.1) is 11.3 Å². The zero-order chi connectivity index (χ0) is 14.7. The predicted molar refractivity (Wildman–Crippen MR) is 88.2 cm³/mol. The fourth-order valence-electron chi connectivity index (χ4n) is 2.30. The average Bonchev–Trinajstić information content (AvgIpc) is 3.03. The Hall–Kier alpha value is -2.13. The fourth-order valence-corrected chi connectivity index (χ4v) is 3.06. The lowest BCUT2D eigenvalue weighted by molar-refractivity contribution is 0.617. The minimum atomic E-state index is -0.155. The highest BCUT2D eigenvalue weighted by Gasteiger charge is 2.05. The summed E-state index contributed by atoms with van der Waals surface area (Å²) in [6, 6.07) is 17.7. The lowest BCUT2D eigenvalue weighted by atomic mass is 10.1. The van der Waals surface area contributed by atoms with E-state index in [1.54, 1.807) is 18.3 Å². The number of rotatable bonds is 4. The van der Waals surface area contributed by atoms with Crippen LogP contribution in [0.1, 0.15) is 11.1 Å². The van der Waals surface area contributed by atoms with Gasteiger partial charge in [0.1, 0.15) is 5.82 Å². The van der Waals surface area contributed by atoms with Crippen LogP contribution >= 0.6 is 11.3 Å². The first-order valence-corrected chi connectivity index (χ1v) is 7.74. The van der Waals surface area contributed by atoms with Crippen LogP contribution in [-0.4, -0.2) is 0 Å². The number of para-hydroxylation sites is 1. The van der Waals surface area contributed by atoms with Gasteiger partial charge in [-0.2, -0.15) is 0 Å². The molecular formula is C18H16FNS. The quantitative estimate of drug-likeness (QED) is 0.673. The van der Waals surface area contributed by atoms with E-state index in [2.05, 4.69) is 35.0 Å². The first-order valence-electron chi connectivity index (χ1n) is 6.86. The zero-order valence-electron chi connectivity index (χ0n) is 11.8. The maximum atomic E-state index is 13.3. The summed E-state index contributed by atoms with van der Waals surface area (Å²) in [6.45, 7) is 2.47. The maximum absolute atomic E-state index is 13.3. The van der Waals surface area contributed by atoms with Gasteiger partial charge in [0.25, 0.3) is 0 Å². The van der Waals surface area contributed by atoms with Crippen LogP contribution in [0, 0.1) is 12.7 Å². The molecule has 3 aromatic rings.